The third kappa shape index (κ3) is 4.24. The third-order valence-corrected chi connectivity index (χ3v) is 5.23. The lowest BCUT2D eigenvalue weighted by molar-refractivity contribution is -0.143. The lowest BCUT2D eigenvalue weighted by Gasteiger charge is -2.29. The van der Waals surface area contributed by atoms with Crippen molar-refractivity contribution in [2.75, 3.05) is 19.7 Å². The van der Waals surface area contributed by atoms with Crippen LogP contribution in [0.25, 0.3) is 0 Å². The Morgan fingerprint density at radius 2 is 2.00 bits per heavy atom. The first-order chi connectivity index (χ1) is 12.2. The molecule has 3 fully saturated rings. The summed E-state index contributed by atoms with van der Waals surface area (Å²) in [5.74, 6) is 1.08. The summed E-state index contributed by atoms with van der Waals surface area (Å²) < 4.78 is 11.1. The van der Waals surface area contributed by atoms with Gasteiger partial charge in [-0.05, 0) is 50.7 Å². The lowest BCUT2D eigenvalue weighted by Crippen LogP contribution is -2.46. The minimum atomic E-state index is -0.00667. The predicted molar refractivity (Wildman–Crippen MR) is 90.6 cm³/mol. The molecule has 1 aromatic rings. The first-order valence-electron chi connectivity index (χ1n) is 9.43. The monoisotopic (exact) mass is 346 g/mol. The van der Waals surface area contributed by atoms with Crippen LogP contribution in [0.1, 0.15) is 44.3 Å². The topological polar surface area (TPSA) is 63.0 Å². The highest BCUT2D eigenvalue weighted by molar-refractivity contribution is 5.87. The number of carbonyl (C=O) groups is 2. The second-order valence-corrected chi connectivity index (χ2v) is 7.46. The zero-order chi connectivity index (χ0) is 17.2. The van der Waals surface area contributed by atoms with E-state index in [9.17, 15) is 9.59 Å². The summed E-state index contributed by atoms with van der Waals surface area (Å²) in [4.78, 5) is 29.1. The van der Waals surface area contributed by atoms with Crippen LogP contribution in [-0.4, -0.2) is 53.5 Å². The van der Waals surface area contributed by atoms with Gasteiger partial charge in [0, 0.05) is 25.1 Å². The molecule has 2 heterocycles. The Morgan fingerprint density at radius 1 is 1.16 bits per heavy atom. The molecule has 4 rings (SSSR count). The number of amides is 2. The molecule has 1 aliphatic heterocycles. The molecule has 0 aromatic carbocycles. The molecule has 0 bridgehead atoms. The average molecular weight is 346 g/mol. The fraction of sp³-hybridized carbons (Fsp3) is 0.684. The van der Waals surface area contributed by atoms with E-state index in [0.717, 1.165) is 50.9 Å². The molecule has 6 nitrogen and oxygen atoms in total. The molecule has 25 heavy (non-hydrogen) atoms. The van der Waals surface area contributed by atoms with Crippen LogP contribution >= 0.6 is 0 Å². The minimum Gasteiger partial charge on any atom is -0.467 e. The second kappa shape index (κ2) is 7.20. The Labute approximate surface area is 148 Å². The molecule has 1 saturated heterocycles. The molecular weight excluding hydrogens is 320 g/mol. The highest BCUT2D eigenvalue weighted by atomic mass is 16.5. The van der Waals surface area contributed by atoms with Crippen molar-refractivity contribution in [1.82, 2.24) is 9.80 Å². The smallest absolute Gasteiger partial charge is 0.242 e. The third-order valence-electron chi connectivity index (χ3n) is 5.23. The van der Waals surface area contributed by atoms with E-state index in [4.69, 9.17) is 9.15 Å². The zero-order valence-corrected chi connectivity index (χ0v) is 14.6. The van der Waals surface area contributed by atoms with E-state index in [2.05, 4.69) is 0 Å². The summed E-state index contributed by atoms with van der Waals surface area (Å²) in [6, 6.07) is 3.98. The zero-order valence-electron chi connectivity index (χ0n) is 14.6. The quantitative estimate of drug-likeness (QED) is 0.724. The Balaban J connectivity index is 1.42. The number of carbonyl (C=O) groups excluding carboxylic acids is 2. The summed E-state index contributed by atoms with van der Waals surface area (Å²) >= 11 is 0. The maximum absolute atomic E-state index is 13.0. The molecular formula is C19H26N2O4. The number of furan rings is 1. The van der Waals surface area contributed by atoms with Crippen LogP contribution in [0.5, 0.6) is 0 Å². The summed E-state index contributed by atoms with van der Waals surface area (Å²) in [6.45, 7) is 1.95. The molecule has 1 atom stereocenters. The van der Waals surface area contributed by atoms with Crippen molar-refractivity contribution in [1.29, 1.82) is 0 Å². The van der Waals surface area contributed by atoms with Gasteiger partial charge in [0.25, 0.3) is 0 Å². The van der Waals surface area contributed by atoms with Gasteiger partial charge >= 0.3 is 0 Å². The van der Waals surface area contributed by atoms with Crippen molar-refractivity contribution in [3.63, 3.8) is 0 Å². The van der Waals surface area contributed by atoms with Gasteiger partial charge in [-0.1, -0.05) is 0 Å². The van der Waals surface area contributed by atoms with Gasteiger partial charge in [-0.2, -0.15) is 0 Å². The highest BCUT2D eigenvalue weighted by Crippen LogP contribution is 2.36. The summed E-state index contributed by atoms with van der Waals surface area (Å²) in [7, 11) is 0. The van der Waals surface area contributed by atoms with Gasteiger partial charge in [-0.25, -0.2) is 0 Å². The fourth-order valence-electron chi connectivity index (χ4n) is 3.46. The molecule has 3 aliphatic rings. The number of hydrogen-bond donors (Lipinski definition) is 0. The summed E-state index contributed by atoms with van der Waals surface area (Å²) in [5.41, 5.74) is 0. The maximum Gasteiger partial charge on any atom is 0.242 e. The summed E-state index contributed by atoms with van der Waals surface area (Å²) in [5, 5.41) is 0. The van der Waals surface area contributed by atoms with Crippen molar-refractivity contribution in [2.24, 2.45) is 5.92 Å². The largest absolute Gasteiger partial charge is 0.467 e. The van der Waals surface area contributed by atoms with Gasteiger partial charge in [0.2, 0.25) is 11.8 Å². The molecule has 0 radical (unpaired) electrons. The van der Waals surface area contributed by atoms with Crippen LogP contribution in [0.3, 0.4) is 0 Å². The molecule has 0 spiro atoms. The fourth-order valence-corrected chi connectivity index (χ4v) is 3.46. The molecule has 6 heteroatoms. The van der Waals surface area contributed by atoms with Crippen molar-refractivity contribution >= 4 is 11.8 Å². The molecule has 136 valence electrons. The Kier molecular flexibility index (Phi) is 4.79. The second-order valence-electron chi connectivity index (χ2n) is 7.46. The highest BCUT2D eigenvalue weighted by Gasteiger charge is 2.41. The van der Waals surface area contributed by atoms with Crippen LogP contribution in [0.15, 0.2) is 22.8 Å². The van der Waals surface area contributed by atoms with E-state index in [0.29, 0.717) is 13.1 Å². The van der Waals surface area contributed by atoms with E-state index in [1.807, 2.05) is 17.0 Å². The Morgan fingerprint density at radius 3 is 2.60 bits per heavy atom. The van der Waals surface area contributed by atoms with Crippen LogP contribution in [0.4, 0.5) is 0 Å². The van der Waals surface area contributed by atoms with Crippen LogP contribution in [0.2, 0.25) is 0 Å². The average Bonchev–Trinajstić information content (AvgIpc) is 3.53. The normalized spacial score (nSPS) is 22.8. The lowest BCUT2D eigenvalue weighted by atomic mass is 10.2. The molecule has 1 aromatic heterocycles. The Hall–Kier alpha value is -1.82. The number of rotatable bonds is 8. The Bertz CT molecular complexity index is 601. The van der Waals surface area contributed by atoms with E-state index in [1.54, 1.807) is 11.2 Å². The van der Waals surface area contributed by atoms with Gasteiger partial charge in [0.15, 0.2) is 0 Å². The van der Waals surface area contributed by atoms with Crippen molar-refractivity contribution in [3.05, 3.63) is 24.2 Å². The minimum absolute atomic E-state index is 0.00667. The van der Waals surface area contributed by atoms with Gasteiger partial charge in [0.05, 0.1) is 18.9 Å². The van der Waals surface area contributed by atoms with Crippen molar-refractivity contribution < 1.29 is 18.7 Å². The first kappa shape index (κ1) is 16.6. The van der Waals surface area contributed by atoms with Gasteiger partial charge in [0.1, 0.15) is 12.3 Å². The first-order valence-corrected chi connectivity index (χ1v) is 9.43. The molecule has 0 N–H and O–H groups in total. The predicted octanol–water partition coefficient (Wildman–Crippen LogP) is 2.19. The van der Waals surface area contributed by atoms with Crippen molar-refractivity contribution in [3.8, 4) is 0 Å². The number of nitrogens with zero attached hydrogens (tertiary/aromatic N) is 2. The molecule has 2 saturated carbocycles. The maximum atomic E-state index is 13.0. The van der Waals surface area contributed by atoms with E-state index in [1.165, 1.54) is 0 Å². The van der Waals surface area contributed by atoms with E-state index >= 15 is 0 Å². The molecule has 0 unspecified atom stereocenters. The SMILES string of the molecule is O=C(CN(C(=O)C1CC1)C1CC1)N(Cc1ccco1)C[C@@H]1CCCO1. The van der Waals surface area contributed by atoms with E-state index in [-0.39, 0.29) is 36.4 Å². The number of hydrogen-bond acceptors (Lipinski definition) is 4. The van der Waals surface area contributed by atoms with Crippen LogP contribution in [0, 0.1) is 5.92 Å². The van der Waals surface area contributed by atoms with Gasteiger partial charge in [-0.3, -0.25) is 9.59 Å². The number of ether oxygens (including phenoxy) is 1. The van der Waals surface area contributed by atoms with Gasteiger partial charge < -0.3 is 19.0 Å². The molecule has 2 aliphatic carbocycles. The van der Waals surface area contributed by atoms with Crippen LogP contribution in [-0.2, 0) is 20.9 Å². The van der Waals surface area contributed by atoms with Crippen LogP contribution < -0.4 is 0 Å². The molecule has 2 amide bonds. The summed E-state index contributed by atoms with van der Waals surface area (Å²) in [6.07, 6.45) is 7.73. The standard InChI is InChI=1S/C19H26N2O4/c22-18(13-21(15-7-8-15)19(23)14-5-6-14)20(11-16-3-1-9-24-16)12-17-4-2-10-25-17/h1,3,9,14-15,17H,2,4-8,10-13H2/t17-/m0/s1. The van der Waals surface area contributed by atoms with Crippen molar-refractivity contribution in [2.45, 2.75) is 57.2 Å². The van der Waals surface area contributed by atoms with E-state index < -0.39 is 0 Å². The van der Waals surface area contributed by atoms with Gasteiger partial charge in [-0.15, -0.1) is 0 Å².